The Morgan fingerprint density at radius 3 is 1.92 bits per heavy atom. The van der Waals surface area contributed by atoms with E-state index in [4.69, 9.17) is 9.84 Å². The van der Waals surface area contributed by atoms with E-state index in [1.54, 1.807) is 80.3 Å². The summed E-state index contributed by atoms with van der Waals surface area (Å²) in [6, 6.07) is 12.4. The van der Waals surface area contributed by atoms with Gasteiger partial charge in [0.15, 0.2) is 0 Å². The second-order valence-electron chi connectivity index (χ2n) is 16.3. The van der Waals surface area contributed by atoms with Gasteiger partial charge in [0, 0.05) is 57.3 Å². The number of hydrogen-bond acceptors (Lipinski definition) is 13. The van der Waals surface area contributed by atoms with E-state index >= 15 is 0 Å². The molecule has 3 atom stereocenters. The largest absolute Gasteiger partial charge is 0.480 e. The maximum absolute atomic E-state index is 13.6. The Balaban J connectivity index is 2.12. The molecule has 2 aromatic carbocycles. The number of benzene rings is 2. The molecule has 2 aromatic rings. The minimum atomic E-state index is -1.27. The Hall–Kier alpha value is -6.16. The number of nitrogens with zero attached hydrogens (tertiary/aromatic N) is 2. The van der Waals surface area contributed by atoms with E-state index in [2.05, 4.69) is 31.9 Å². The zero-order valence-corrected chi connectivity index (χ0v) is 37.6. The molecule has 0 aliphatic carbocycles. The van der Waals surface area contributed by atoms with Gasteiger partial charge in [0.2, 0.25) is 11.8 Å². The van der Waals surface area contributed by atoms with E-state index in [-0.39, 0.29) is 57.5 Å². The Morgan fingerprint density at radius 2 is 1.32 bits per heavy atom. The van der Waals surface area contributed by atoms with Gasteiger partial charge in [-0.05, 0) is 76.3 Å². The summed E-state index contributed by atoms with van der Waals surface area (Å²) in [4.78, 5) is 102. The van der Waals surface area contributed by atoms with Crippen molar-refractivity contribution in [3.63, 3.8) is 0 Å². The smallest absolute Gasteiger partial charge is 0.407 e. The molecule has 0 spiro atoms. The summed E-state index contributed by atoms with van der Waals surface area (Å²) in [5.41, 5.74) is 0.956. The first-order valence-electron chi connectivity index (χ1n) is 21.5. The molecule has 0 aliphatic heterocycles. The molecule has 0 bridgehead atoms. The van der Waals surface area contributed by atoms with Gasteiger partial charge in [0.1, 0.15) is 17.7 Å². The van der Waals surface area contributed by atoms with Gasteiger partial charge in [-0.15, -0.1) is 0 Å². The molecule has 3 unspecified atom stereocenters. The predicted octanol–water partition coefficient (Wildman–Crippen LogP) is 0.376. The lowest BCUT2D eigenvalue weighted by molar-refractivity contribution is -0.142. The number of carboxylic acid groups (broad SMARTS) is 4. The molecule has 360 valence electrons. The summed E-state index contributed by atoms with van der Waals surface area (Å²) >= 11 is 0. The molecule has 10 N–H and O–H groups in total. The van der Waals surface area contributed by atoms with E-state index in [0.29, 0.717) is 56.7 Å². The molecule has 2 rings (SSSR count). The second-order valence-corrected chi connectivity index (χ2v) is 16.3. The monoisotopic (exact) mass is 914 g/mol. The highest BCUT2D eigenvalue weighted by molar-refractivity contribution is 5.98. The Bertz CT molecular complexity index is 1840. The van der Waals surface area contributed by atoms with Gasteiger partial charge < -0.3 is 62.0 Å². The fraction of sp³-hybridized carbons (Fsp3) is 0.545. The number of likely N-dealkylation sites (N-methyl/N-ethyl adjacent to an activating group) is 1. The number of amides is 4. The van der Waals surface area contributed by atoms with Gasteiger partial charge in [0.05, 0.1) is 26.2 Å². The average Bonchev–Trinajstić information content (AvgIpc) is 3.23. The van der Waals surface area contributed by atoms with Crippen LogP contribution in [0, 0.1) is 0 Å². The van der Waals surface area contributed by atoms with Crippen LogP contribution in [-0.4, -0.2) is 174 Å². The maximum Gasteiger partial charge on any atom is 0.407 e. The molecule has 21 heteroatoms. The van der Waals surface area contributed by atoms with Crippen LogP contribution in [0.1, 0.15) is 68.4 Å². The van der Waals surface area contributed by atoms with Gasteiger partial charge in [-0.1, -0.05) is 49.4 Å². The lowest BCUT2D eigenvalue weighted by atomic mass is 10.0. The number of nitrogens with one attached hydrogen (secondary N) is 6. The minimum absolute atomic E-state index is 0.0614. The molecule has 0 saturated heterocycles. The molecule has 0 saturated carbocycles. The summed E-state index contributed by atoms with van der Waals surface area (Å²) in [6.07, 6.45) is 0.590. The number of carbonyl (C=O) groups is 8. The van der Waals surface area contributed by atoms with Crippen molar-refractivity contribution in [1.82, 2.24) is 41.7 Å². The highest BCUT2D eigenvalue weighted by Crippen LogP contribution is 2.13. The van der Waals surface area contributed by atoms with Crippen molar-refractivity contribution in [2.24, 2.45) is 0 Å². The number of carboxylic acids is 4. The van der Waals surface area contributed by atoms with E-state index in [1.807, 2.05) is 11.8 Å². The molecule has 0 radical (unpaired) electrons. The third-order valence-electron chi connectivity index (χ3n) is 9.78. The van der Waals surface area contributed by atoms with Crippen molar-refractivity contribution in [3.05, 3.63) is 71.3 Å². The van der Waals surface area contributed by atoms with E-state index in [0.717, 1.165) is 0 Å². The average molecular weight is 915 g/mol. The van der Waals surface area contributed by atoms with Crippen LogP contribution in [0.15, 0.2) is 54.6 Å². The highest BCUT2D eigenvalue weighted by Gasteiger charge is 2.26. The van der Waals surface area contributed by atoms with E-state index in [1.165, 1.54) is 0 Å². The highest BCUT2D eigenvalue weighted by atomic mass is 16.6. The van der Waals surface area contributed by atoms with Crippen molar-refractivity contribution >= 4 is 47.7 Å². The summed E-state index contributed by atoms with van der Waals surface area (Å²) in [7, 11) is 0. The van der Waals surface area contributed by atoms with Crippen molar-refractivity contribution in [2.75, 3.05) is 72.0 Å². The molecule has 65 heavy (non-hydrogen) atoms. The van der Waals surface area contributed by atoms with Gasteiger partial charge in [-0.25, -0.2) is 9.59 Å². The van der Waals surface area contributed by atoms with Crippen LogP contribution < -0.4 is 31.9 Å². The number of hydrogen-bond donors (Lipinski definition) is 10. The predicted molar refractivity (Wildman–Crippen MR) is 238 cm³/mol. The number of alkyl carbamates (subject to hydrolysis) is 1. The van der Waals surface area contributed by atoms with Crippen molar-refractivity contribution in [3.8, 4) is 0 Å². The molecule has 0 fully saturated rings. The van der Waals surface area contributed by atoms with E-state index in [9.17, 15) is 53.7 Å². The molecule has 0 aromatic heterocycles. The number of unbranched alkanes of at least 4 members (excludes halogenated alkanes) is 1. The third-order valence-corrected chi connectivity index (χ3v) is 9.78. The van der Waals surface area contributed by atoms with Gasteiger partial charge in [-0.2, -0.15) is 0 Å². The number of carbonyl (C=O) groups excluding carboxylic acids is 4. The first kappa shape index (κ1) is 55.0. The maximum atomic E-state index is 13.6. The summed E-state index contributed by atoms with van der Waals surface area (Å²) in [5, 5.41) is 53.5. The van der Waals surface area contributed by atoms with Crippen molar-refractivity contribution in [1.29, 1.82) is 0 Å². The lowest BCUT2D eigenvalue weighted by Gasteiger charge is -2.33. The number of aliphatic carboxylic acids is 4. The second kappa shape index (κ2) is 29.3. The molecule has 4 amide bonds. The quantitative estimate of drug-likeness (QED) is 0.0444. The Labute approximate surface area is 379 Å². The van der Waals surface area contributed by atoms with Crippen LogP contribution in [0.5, 0.6) is 0 Å². The fourth-order valence-corrected chi connectivity index (χ4v) is 6.51. The third kappa shape index (κ3) is 24.5. The lowest BCUT2D eigenvalue weighted by Crippen LogP contribution is -2.51. The van der Waals surface area contributed by atoms with Crippen molar-refractivity contribution < 1.29 is 63.5 Å². The van der Waals surface area contributed by atoms with Crippen LogP contribution >= 0.6 is 0 Å². The standard InChI is InChI=1S/C44H66N8O13/c1-5-51(20-19-45-27-37(54)55)21-22-52(29-39(58)59)33(25-46-28-38(56)57)23-31-14-16-32(17-15-31)40(60)50-35(24-30-11-7-6-8-12-30)41(61)48-26-36(53)49-34(42(62)63)13-9-10-18-47-43(64)65-44(2,3)4/h6-8,11-12,14-17,33-35,45-46H,5,9-10,13,18-29H2,1-4H3,(H,47,64)(H,48,61)(H,49,53)(H,50,60)(H,54,55)(H,56,57)(H,58,59)(H,62,63). The SMILES string of the molecule is CCN(CCNCC(=O)O)CCN(CC(=O)O)C(CNCC(=O)O)Cc1ccc(C(=O)NC(Cc2ccccc2)C(=O)NCC(=O)NC(CCCCNC(=O)OC(C)(C)C)C(=O)O)cc1. The van der Waals surface area contributed by atoms with Gasteiger partial charge >= 0.3 is 30.0 Å². The molecule has 0 heterocycles. The Kier molecular flexibility index (Phi) is 24.8. The van der Waals surface area contributed by atoms with Crippen LogP contribution in [0.2, 0.25) is 0 Å². The van der Waals surface area contributed by atoms with Crippen LogP contribution in [0.4, 0.5) is 4.79 Å². The topological polar surface area (TPSA) is 305 Å². The zero-order chi connectivity index (χ0) is 48.4. The first-order chi connectivity index (χ1) is 30.8. The van der Waals surface area contributed by atoms with Crippen LogP contribution in [0.3, 0.4) is 0 Å². The molecule has 21 nitrogen and oxygen atoms in total. The zero-order valence-electron chi connectivity index (χ0n) is 37.6. The number of rotatable bonds is 32. The van der Waals surface area contributed by atoms with E-state index < -0.39 is 78.0 Å². The molecule has 0 aliphatic rings. The van der Waals surface area contributed by atoms with Crippen LogP contribution in [0.25, 0.3) is 0 Å². The van der Waals surface area contributed by atoms with Gasteiger partial charge in [-0.3, -0.25) is 33.7 Å². The Morgan fingerprint density at radius 1 is 0.677 bits per heavy atom. The van der Waals surface area contributed by atoms with Crippen molar-refractivity contribution in [2.45, 2.75) is 83.5 Å². The fourth-order valence-electron chi connectivity index (χ4n) is 6.51. The summed E-state index contributed by atoms with van der Waals surface area (Å²) in [5.74, 6) is -6.47. The molecular formula is C44H66N8O13. The number of ether oxygens (including phenoxy) is 1. The minimum Gasteiger partial charge on any atom is -0.480 e. The normalized spacial score (nSPS) is 12.7. The summed E-state index contributed by atoms with van der Waals surface area (Å²) < 4.78 is 5.17. The van der Waals surface area contributed by atoms with Crippen LogP contribution in [-0.2, 0) is 46.3 Å². The molecular weight excluding hydrogens is 849 g/mol. The van der Waals surface area contributed by atoms with Gasteiger partial charge in [0.25, 0.3) is 5.91 Å². The first-order valence-corrected chi connectivity index (χ1v) is 21.5. The summed E-state index contributed by atoms with van der Waals surface area (Å²) in [6.45, 7) is 8.36.